The molecule has 0 aromatic carbocycles. The lowest BCUT2D eigenvalue weighted by atomic mass is 9.99. The SMILES string of the molecule is CC(C)(C)N1CCC(OCCO)CC1. The van der Waals surface area contributed by atoms with Gasteiger partial charge in [-0.3, -0.25) is 4.90 Å². The summed E-state index contributed by atoms with van der Waals surface area (Å²) in [5.41, 5.74) is 0.280. The lowest BCUT2D eigenvalue weighted by Crippen LogP contribution is -2.47. The Bertz CT molecular complexity index is 157. The minimum absolute atomic E-state index is 0.138. The van der Waals surface area contributed by atoms with E-state index in [4.69, 9.17) is 9.84 Å². The molecule has 14 heavy (non-hydrogen) atoms. The average molecular weight is 201 g/mol. The first-order valence-electron chi connectivity index (χ1n) is 5.51. The molecule has 1 fully saturated rings. The van der Waals surface area contributed by atoms with Crippen molar-refractivity contribution in [3.05, 3.63) is 0 Å². The molecule has 0 radical (unpaired) electrons. The lowest BCUT2D eigenvalue weighted by molar-refractivity contribution is -0.0240. The second-order valence-corrected chi connectivity index (χ2v) is 4.95. The third-order valence-corrected chi connectivity index (χ3v) is 2.84. The van der Waals surface area contributed by atoms with Gasteiger partial charge in [0.05, 0.1) is 19.3 Å². The van der Waals surface area contributed by atoms with Crippen LogP contribution in [0.25, 0.3) is 0 Å². The number of ether oxygens (including phenoxy) is 1. The van der Waals surface area contributed by atoms with E-state index in [0.717, 1.165) is 25.9 Å². The van der Waals surface area contributed by atoms with Crippen molar-refractivity contribution in [3.63, 3.8) is 0 Å². The van der Waals surface area contributed by atoms with E-state index in [-0.39, 0.29) is 12.1 Å². The first-order chi connectivity index (χ1) is 6.54. The monoisotopic (exact) mass is 201 g/mol. The molecule has 1 N–H and O–H groups in total. The maximum atomic E-state index is 8.64. The first-order valence-corrected chi connectivity index (χ1v) is 5.51. The molecule has 84 valence electrons. The first kappa shape index (κ1) is 12.0. The molecule has 0 aromatic rings. The molecule has 0 amide bonds. The van der Waals surface area contributed by atoms with Crippen LogP contribution < -0.4 is 0 Å². The van der Waals surface area contributed by atoms with Gasteiger partial charge in [-0.2, -0.15) is 0 Å². The van der Waals surface area contributed by atoms with Crippen LogP contribution in [0.4, 0.5) is 0 Å². The summed E-state index contributed by atoms with van der Waals surface area (Å²) in [6.07, 6.45) is 2.55. The van der Waals surface area contributed by atoms with Crippen LogP contribution in [-0.2, 0) is 4.74 Å². The smallest absolute Gasteiger partial charge is 0.0701 e. The van der Waals surface area contributed by atoms with Crippen LogP contribution in [-0.4, -0.2) is 48.0 Å². The number of aliphatic hydroxyl groups is 1. The average Bonchev–Trinajstić information content (AvgIpc) is 2.14. The molecule has 3 nitrogen and oxygen atoms in total. The molecule has 1 aliphatic rings. The second kappa shape index (κ2) is 5.10. The molecule has 0 atom stereocenters. The normalized spacial score (nSPS) is 21.4. The van der Waals surface area contributed by atoms with Gasteiger partial charge in [0, 0.05) is 18.6 Å². The van der Waals surface area contributed by atoms with Crippen molar-refractivity contribution >= 4 is 0 Å². The summed E-state index contributed by atoms with van der Waals surface area (Å²) in [6.45, 7) is 9.60. The molecule has 0 spiro atoms. The Morgan fingerprint density at radius 2 is 1.86 bits per heavy atom. The van der Waals surface area contributed by atoms with Gasteiger partial charge in [0.1, 0.15) is 0 Å². The Kier molecular flexibility index (Phi) is 4.35. The Morgan fingerprint density at radius 3 is 2.29 bits per heavy atom. The van der Waals surface area contributed by atoms with Gasteiger partial charge < -0.3 is 9.84 Å². The molecule has 1 rings (SSSR count). The molecule has 0 aliphatic carbocycles. The molecule has 3 heteroatoms. The standard InChI is InChI=1S/C11H23NO2/c1-11(2,3)12-6-4-10(5-7-12)14-9-8-13/h10,13H,4-9H2,1-3H3. The minimum Gasteiger partial charge on any atom is -0.394 e. The number of piperidine rings is 1. The van der Waals surface area contributed by atoms with Crippen LogP contribution >= 0.6 is 0 Å². The summed E-state index contributed by atoms with van der Waals surface area (Å²) in [5, 5.41) is 8.64. The summed E-state index contributed by atoms with van der Waals surface area (Å²) in [4.78, 5) is 2.49. The molecule has 0 unspecified atom stereocenters. The molecule has 1 aliphatic heterocycles. The van der Waals surface area contributed by atoms with Crippen molar-refractivity contribution in [2.24, 2.45) is 0 Å². The molecule has 0 aromatic heterocycles. The van der Waals surface area contributed by atoms with E-state index < -0.39 is 0 Å². The van der Waals surface area contributed by atoms with Crippen LogP contribution in [0.3, 0.4) is 0 Å². The third-order valence-electron chi connectivity index (χ3n) is 2.84. The Hall–Kier alpha value is -0.120. The number of rotatable bonds is 3. The predicted octanol–water partition coefficient (Wildman–Crippen LogP) is 1.26. The van der Waals surface area contributed by atoms with Gasteiger partial charge in [-0.15, -0.1) is 0 Å². The Morgan fingerprint density at radius 1 is 1.29 bits per heavy atom. The van der Waals surface area contributed by atoms with Crippen LogP contribution in [0.5, 0.6) is 0 Å². The highest BCUT2D eigenvalue weighted by Crippen LogP contribution is 2.21. The van der Waals surface area contributed by atoms with Crippen molar-refractivity contribution in [3.8, 4) is 0 Å². The molecule has 1 heterocycles. The summed E-state index contributed by atoms with van der Waals surface area (Å²) in [5.74, 6) is 0. The van der Waals surface area contributed by atoms with Gasteiger partial charge in [0.2, 0.25) is 0 Å². The summed E-state index contributed by atoms with van der Waals surface area (Å²) >= 11 is 0. The second-order valence-electron chi connectivity index (χ2n) is 4.95. The van der Waals surface area contributed by atoms with Crippen LogP contribution in [0.1, 0.15) is 33.6 Å². The molecule has 1 saturated heterocycles. The maximum absolute atomic E-state index is 8.64. The number of nitrogens with zero attached hydrogens (tertiary/aromatic N) is 1. The van der Waals surface area contributed by atoms with Gasteiger partial charge in [-0.1, -0.05) is 0 Å². The predicted molar refractivity (Wildman–Crippen MR) is 57.4 cm³/mol. The van der Waals surface area contributed by atoms with Crippen LogP contribution in [0.2, 0.25) is 0 Å². The number of hydrogen-bond acceptors (Lipinski definition) is 3. The Labute approximate surface area is 87.1 Å². The number of aliphatic hydroxyl groups excluding tert-OH is 1. The minimum atomic E-state index is 0.138. The van der Waals surface area contributed by atoms with Crippen molar-refractivity contribution in [2.75, 3.05) is 26.3 Å². The van der Waals surface area contributed by atoms with E-state index >= 15 is 0 Å². The fourth-order valence-electron chi connectivity index (χ4n) is 1.91. The van der Waals surface area contributed by atoms with Crippen LogP contribution in [0, 0.1) is 0 Å². The quantitative estimate of drug-likeness (QED) is 0.746. The van der Waals surface area contributed by atoms with E-state index in [1.54, 1.807) is 0 Å². The van der Waals surface area contributed by atoms with Gasteiger partial charge in [-0.05, 0) is 33.6 Å². The van der Waals surface area contributed by atoms with Gasteiger partial charge in [0.25, 0.3) is 0 Å². The van der Waals surface area contributed by atoms with Crippen LogP contribution in [0.15, 0.2) is 0 Å². The summed E-state index contributed by atoms with van der Waals surface area (Å²) in [7, 11) is 0. The van der Waals surface area contributed by atoms with Gasteiger partial charge in [-0.25, -0.2) is 0 Å². The molecule has 0 bridgehead atoms. The van der Waals surface area contributed by atoms with E-state index in [1.807, 2.05) is 0 Å². The van der Waals surface area contributed by atoms with E-state index in [1.165, 1.54) is 0 Å². The fourth-order valence-corrected chi connectivity index (χ4v) is 1.91. The van der Waals surface area contributed by atoms with Gasteiger partial charge in [0.15, 0.2) is 0 Å². The van der Waals surface area contributed by atoms with Crippen molar-refractivity contribution in [1.29, 1.82) is 0 Å². The highest BCUT2D eigenvalue weighted by molar-refractivity contribution is 4.81. The Balaban J connectivity index is 2.24. The topological polar surface area (TPSA) is 32.7 Å². The highest BCUT2D eigenvalue weighted by atomic mass is 16.5. The van der Waals surface area contributed by atoms with Gasteiger partial charge >= 0.3 is 0 Å². The van der Waals surface area contributed by atoms with E-state index in [9.17, 15) is 0 Å². The number of hydrogen-bond donors (Lipinski definition) is 1. The highest BCUT2D eigenvalue weighted by Gasteiger charge is 2.26. The molecule has 0 saturated carbocycles. The lowest BCUT2D eigenvalue weighted by Gasteiger charge is -2.40. The fraction of sp³-hybridized carbons (Fsp3) is 1.00. The van der Waals surface area contributed by atoms with Crippen molar-refractivity contribution < 1.29 is 9.84 Å². The maximum Gasteiger partial charge on any atom is 0.0701 e. The third kappa shape index (κ3) is 3.56. The summed E-state index contributed by atoms with van der Waals surface area (Å²) < 4.78 is 5.52. The zero-order valence-electron chi connectivity index (χ0n) is 9.62. The number of likely N-dealkylation sites (tertiary alicyclic amines) is 1. The van der Waals surface area contributed by atoms with E-state index in [2.05, 4.69) is 25.7 Å². The molecular weight excluding hydrogens is 178 g/mol. The largest absolute Gasteiger partial charge is 0.394 e. The zero-order chi connectivity index (χ0) is 10.6. The van der Waals surface area contributed by atoms with Crippen molar-refractivity contribution in [2.45, 2.75) is 45.3 Å². The zero-order valence-corrected chi connectivity index (χ0v) is 9.62. The van der Waals surface area contributed by atoms with Crippen molar-refractivity contribution in [1.82, 2.24) is 4.90 Å². The summed E-state index contributed by atoms with van der Waals surface area (Å²) in [6, 6.07) is 0. The van der Waals surface area contributed by atoms with E-state index in [0.29, 0.717) is 12.7 Å². The molecular formula is C11H23NO2.